The van der Waals surface area contributed by atoms with Gasteiger partial charge in [-0.1, -0.05) is 4.57 Å². The molecule has 0 aliphatic rings. The second-order valence-corrected chi connectivity index (χ2v) is 3.30. The fourth-order valence-corrected chi connectivity index (χ4v) is 1.06. The van der Waals surface area contributed by atoms with Crippen molar-refractivity contribution in [3.05, 3.63) is 0 Å². The zero-order valence-electron chi connectivity index (χ0n) is 5.51. The molecule has 0 aliphatic carbocycles. The normalized spacial score (nSPS) is 16.1. The Kier molecular flexibility index (Phi) is 4.74. The average molecular weight is 143 g/mol. The van der Waals surface area contributed by atoms with Crippen LogP contribution in [0.2, 0.25) is 0 Å². The standard InChI is InChI=1S/C5H10NS.Al/c1-5(7-3)4-6-2;/h5H,1-3H3;. The molecule has 0 aliphatic heterocycles. The van der Waals surface area contributed by atoms with Crippen LogP contribution in [0.4, 0.5) is 0 Å². The third-order valence-corrected chi connectivity index (χ3v) is 2.98. The van der Waals surface area contributed by atoms with Crippen LogP contribution in [0.15, 0.2) is 4.99 Å². The van der Waals surface area contributed by atoms with Gasteiger partial charge in [-0.2, -0.15) is 11.8 Å². The van der Waals surface area contributed by atoms with Crippen molar-refractivity contribution in [1.29, 1.82) is 0 Å². The van der Waals surface area contributed by atoms with E-state index in [1.54, 1.807) is 11.8 Å². The van der Waals surface area contributed by atoms with E-state index in [0.717, 1.165) is 4.57 Å². The Bertz CT molecular complexity index is 92.4. The maximum atomic E-state index is 4.02. The molecule has 0 spiro atoms. The Balaban J connectivity index is 3.63. The first-order valence-electron chi connectivity index (χ1n) is 2.47. The van der Waals surface area contributed by atoms with E-state index < -0.39 is 0 Å². The predicted molar refractivity (Wildman–Crippen MR) is 42.1 cm³/mol. The Morgan fingerprint density at radius 2 is 2.25 bits per heavy atom. The SMILES string of the molecule is CN=[C]([Al])C(C)SC. The molecule has 1 atom stereocenters. The highest BCUT2D eigenvalue weighted by molar-refractivity contribution is 8.00. The molecule has 3 heteroatoms. The lowest BCUT2D eigenvalue weighted by Gasteiger charge is -2.06. The van der Waals surface area contributed by atoms with Crippen molar-refractivity contribution < 1.29 is 0 Å². The zero-order chi connectivity index (χ0) is 6.57. The highest BCUT2D eigenvalue weighted by Gasteiger charge is 1.97. The van der Waals surface area contributed by atoms with Crippen LogP contribution in [-0.4, -0.2) is 39.4 Å². The van der Waals surface area contributed by atoms with Crippen molar-refractivity contribution in [1.82, 2.24) is 0 Å². The quantitative estimate of drug-likeness (QED) is 0.414. The summed E-state index contributed by atoms with van der Waals surface area (Å²) < 4.78 is 1.14. The largest absolute Gasteiger partial charge is 0.317 e. The van der Waals surface area contributed by atoms with Crippen molar-refractivity contribution in [2.24, 2.45) is 4.99 Å². The van der Waals surface area contributed by atoms with Gasteiger partial charge in [0.15, 0.2) is 0 Å². The van der Waals surface area contributed by atoms with E-state index in [0.29, 0.717) is 5.25 Å². The summed E-state index contributed by atoms with van der Waals surface area (Å²) in [5, 5.41) is 0.546. The summed E-state index contributed by atoms with van der Waals surface area (Å²) in [5.74, 6) is 0. The van der Waals surface area contributed by atoms with Crippen LogP contribution >= 0.6 is 11.8 Å². The second-order valence-electron chi connectivity index (χ2n) is 1.53. The van der Waals surface area contributed by atoms with Gasteiger partial charge in [-0.25, -0.2) is 0 Å². The van der Waals surface area contributed by atoms with E-state index in [-0.39, 0.29) is 0 Å². The highest BCUT2D eigenvalue weighted by Crippen LogP contribution is 2.04. The molecule has 0 aromatic rings. The van der Waals surface area contributed by atoms with Crippen LogP contribution in [0.1, 0.15) is 6.92 Å². The van der Waals surface area contributed by atoms with Crippen LogP contribution in [0, 0.1) is 0 Å². The molecule has 1 nitrogen and oxygen atoms in total. The molecular formula is C5H10AlNS. The average Bonchev–Trinajstić information content (AvgIpc) is 1.84. The van der Waals surface area contributed by atoms with Crippen molar-refractivity contribution in [3.8, 4) is 0 Å². The minimum atomic E-state index is 0.546. The number of aliphatic imine (C=N–C) groups is 1. The highest BCUT2D eigenvalue weighted by atomic mass is 32.2. The molecule has 0 heterocycles. The summed E-state index contributed by atoms with van der Waals surface area (Å²) in [6, 6.07) is 0. The van der Waals surface area contributed by atoms with Crippen LogP contribution in [0.25, 0.3) is 0 Å². The second kappa shape index (κ2) is 4.43. The van der Waals surface area contributed by atoms with E-state index in [1.807, 2.05) is 7.05 Å². The zero-order valence-corrected chi connectivity index (χ0v) is 7.48. The Morgan fingerprint density at radius 3 is 2.38 bits per heavy atom. The van der Waals surface area contributed by atoms with E-state index in [2.05, 4.69) is 34.5 Å². The first kappa shape index (κ1) is 8.55. The summed E-state index contributed by atoms with van der Waals surface area (Å²) in [6.07, 6.45) is 2.08. The summed E-state index contributed by atoms with van der Waals surface area (Å²) in [4.78, 5) is 4.02. The van der Waals surface area contributed by atoms with Gasteiger partial charge >= 0.3 is 0 Å². The summed E-state index contributed by atoms with van der Waals surface area (Å²) in [5.41, 5.74) is 0. The van der Waals surface area contributed by atoms with Crippen molar-refractivity contribution >= 4 is 32.6 Å². The maximum Gasteiger partial charge on any atom is 0.203 e. The van der Waals surface area contributed by atoms with E-state index in [1.165, 1.54) is 0 Å². The van der Waals surface area contributed by atoms with E-state index in [9.17, 15) is 0 Å². The molecule has 0 fully saturated rings. The maximum absolute atomic E-state index is 4.02. The molecule has 0 bridgehead atoms. The molecule has 0 aromatic heterocycles. The topological polar surface area (TPSA) is 12.4 Å². The Hall–Kier alpha value is 0.552. The van der Waals surface area contributed by atoms with Crippen molar-refractivity contribution in [2.75, 3.05) is 13.3 Å². The Morgan fingerprint density at radius 1 is 1.75 bits per heavy atom. The molecule has 0 rings (SSSR count). The Labute approximate surface area is 63.4 Å². The predicted octanol–water partition coefficient (Wildman–Crippen LogP) is 0.935. The van der Waals surface area contributed by atoms with Crippen LogP contribution in [-0.2, 0) is 0 Å². The number of nitrogens with zero attached hydrogens (tertiary/aromatic N) is 1. The van der Waals surface area contributed by atoms with Gasteiger partial charge < -0.3 is 4.99 Å². The molecule has 44 valence electrons. The first-order chi connectivity index (χ1) is 3.72. The molecular weight excluding hydrogens is 133 g/mol. The molecule has 0 saturated carbocycles. The number of thioether (sulfide) groups is 1. The fraction of sp³-hybridized carbons (Fsp3) is 0.800. The smallest absolute Gasteiger partial charge is 0.203 e. The minimum absolute atomic E-state index is 0.546. The third kappa shape index (κ3) is 2.76. The van der Waals surface area contributed by atoms with Gasteiger partial charge in [0.25, 0.3) is 0 Å². The van der Waals surface area contributed by atoms with Crippen molar-refractivity contribution in [3.63, 3.8) is 0 Å². The van der Waals surface area contributed by atoms with Crippen LogP contribution in [0.5, 0.6) is 0 Å². The van der Waals surface area contributed by atoms with Gasteiger partial charge in [0.05, 0.1) is 0 Å². The molecule has 1 unspecified atom stereocenters. The van der Waals surface area contributed by atoms with Crippen LogP contribution in [0.3, 0.4) is 0 Å². The van der Waals surface area contributed by atoms with E-state index in [4.69, 9.17) is 0 Å². The number of rotatable bonds is 2. The van der Waals surface area contributed by atoms with Crippen molar-refractivity contribution in [2.45, 2.75) is 12.2 Å². The van der Waals surface area contributed by atoms with Gasteiger partial charge in [-0.05, 0) is 13.2 Å². The van der Waals surface area contributed by atoms with Gasteiger partial charge in [-0.3, -0.25) is 0 Å². The number of hydrogen-bond donors (Lipinski definition) is 0. The summed E-state index contributed by atoms with van der Waals surface area (Å²) in [7, 11) is 1.81. The van der Waals surface area contributed by atoms with Gasteiger partial charge in [0.1, 0.15) is 0 Å². The monoisotopic (exact) mass is 143 g/mol. The van der Waals surface area contributed by atoms with Crippen LogP contribution < -0.4 is 0 Å². The molecule has 8 heavy (non-hydrogen) atoms. The lowest BCUT2D eigenvalue weighted by molar-refractivity contribution is 1.30. The lowest BCUT2D eigenvalue weighted by Crippen LogP contribution is -2.11. The molecule has 0 N–H and O–H groups in total. The fourth-order valence-electron chi connectivity index (χ4n) is 0.303. The molecule has 0 aromatic carbocycles. The first-order valence-corrected chi connectivity index (χ1v) is 4.33. The van der Waals surface area contributed by atoms with Gasteiger partial charge in [0.2, 0.25) is 16.3 Å². The minimum Gasteiger partial charge on any atom is -0.317 e. The van der Waals surface area contributed by atoms with Gasteiger partial charge in [0, 0.05) is 12.3 Å². The van der Waals surface area contributed by atoms with E-state index >= 15 is 0 Å². The molecule has 0 amide bonds. The summed E-state index contributed by atoms with van der Waals surface area (Å²) >= 11 is 4.43. The number of hydrogen-bond acceptors (Lipinski definition) is 2. The lowest BCUT2D eigenvalue weighted by atomic mass is 10.5. The third-order valence-electron chi connectivity index (χ3n) is 1.03. The van der Waals surface area contributed by atoms with Gasteiger partial charge in [-0.15, -0.1) is 0 Å². The molecule has 2 radical (unpaired) electrons. The molecule has 0 saturated heterocycles. The summed E-state index contributed by atoms with van der Waals surface area (Å²) in [6.45, 7) is 2.14.